The van der Waals surface area contributed by atoms with E-state index >= 15 is 0 Å². The van der Waals surface area contributed by atoms with E-state index in [0.29, 0.717) is 12.5 Å². The third-order valence-corrected chi connectivity index (χ3v) is 5.73. The summed E-state index contributed by atoms with van der Waals surface area (Å²) in [5.41, 5.74) is 7.77. The molecular formula is C14H22N4O2S2. The van der Waals surface area contributed by atoms with Gasteiger partial charge in [0, 0.05) is 24.6 Å². The lowest BCUT2D eigenvalue weighted by molar-refractivity contribution is 0.455. The van der Waals surface area contributed by atoms with Crippen molar-refractivity contribution in [3.05, 3.63) is 35.4 Å². The van der Waals surface area contributed by atoms with Crippen molar-refractivity contribution in [2.24, 2.45) is 10.7 Å². The van der Waals surface area contributed by atoms with Crippen LogP contribution < -0.4 is 10.5 Å². The quantitative estimate of drug-likeness (QED) is 0.604. The lowest BCUT2D eigenvalue weighted by atomic mass is 10.1. The topological polar surface area (TPSA) is 87.8 Å². The Bertz CT molecular complexity index is 608. The SMILES string of the molecule is CNS(=O)(=O)Cc1ccc(CN=C(N)N2CCSCC2)cc1. The molecular weight excluding hydrogens is 320 g/mol. The van der Waals surface area contributed by atoms with Crippen LogP contribution in [0.1, 0.15) is 11.1 Å². The van der Waals surface area contributed by atoms with Crippen LogP contribution >= 0.6 is 11.8 Å². The molecule has 1 aliphatic rings. The number of hydrogen-bond donors (Lipinski definition) is 2. The van der Waals surface area contributed by atoms with Crippen molar-refractivity contribution >= 4 is 27.7 Å². The highest BCUT2D eigenvalue weighted by Crippen LogP contribution is 2.11. The molecule has 1 saturated heterocycles. The van der Waals surface area contributed by atoms with Crippen LogP contribution in [0.15, 0.2) is 29.3 Å². The zero-order valence-corrected chi connectivity index (χ0v) is 14.3. The van der Waals surface area contributed by atoms with Crippen LogP contribution in [-0.2, 0) is 22.3 Å². The Morgan fingerprint density at radius 3 is 2.45 bits per heavy atom. The van der Waals surface area contributed by atoms with Crippen LogP contribution in [0.25, 0.3) is 0 Å². The molecule has 0 radical (unpaired) electrons. The normalized spacial score (nSPS) is 16.8. The molecule has 1 aromatic carbocycles. The Labute approximate surface area is 136 Å². The van der Waals surface area contributed by atoms with Crippen molar-refractivity contribution in [2.45, 2.75) is 12.3 Å². The minimum Gasteiger partial charge on any atom is -0.370 e. The van der Waals surface area contributed by atoms with Gasteiger partial charge in [-0.3, -0.25) is 0 Å². The zero-order valence-electron chi connectivity index (χ0n) is 12.7. The average Bonchev–Trinajstić information content (AvgIpc) is 2.54. The lowest BCUT2D eigenvalue weighted by Crippen LogP contribution is -2.42. The molecule has 0 aliphatic carbocycles. The van der Waals surface area contributed by atoms with Gasteiger partial charge in [0.25, 0.3) is 0 Å². The predicted molar refractivity (Wildman–Crippen MR) is 92.3 cm³/mol. The molecule has 8 heteroatoms. The monoisotopic (exact) mass is 342 g/mol. The van der Waals surface area contributed by atoms with E-state index in [4.69, 9.17) is 5.73 Å². The molecule has 6 nitrogen and oxygen atoms in total. The summed E-state index contributed by atoms with van der Waals surface area (Å²) in [6.45, 7) is 2.40. The maximum Gasteiger partial charge on any atom is 0.215 e. The fraction of sp³-hybridized carbons (Fsp3) is 0.500. The Kier molecular flexibility index (Phi) is 6.10. The van der Waals surface area contributed by atoms with E-state index in [1.54, 1.807) is 0 Å². The molecule has 122 valence electrons. The van der Waals surface area contributed by atoms with Gasteiger partial charge in [-0.2, -0.15) is 11.8 Å². The molecule has 0 unspecified atom stereocenters. The maximum absolute atomic E-state index is 11.5. The number of nitrogens with one attached hydrogen (secondary N) is 1. The summed E-state index contributed by atoms with van der Waals surface area (Å²) in [7, 11) is -1.81. The van der Waals surface area contributed by atoms with Gasteiger partial charge in [-0.25, -0.2) is 18.1 Å². The fourth-order valence-corrected chi connectivity index (χ4v) is 3.78. The van der Waals surface area contributed by atoms with Gasteiger partial charge in [-0.05, 0) is 18.2 Å². The van der Waals surface area contributed by atoms with Crippen molar-refractivity contribution in [3.63, 3.8) is 0 Å². The Balaban J connectivity index is 1.93. The molecule has 0 atom stereocenters. The molecule has 0 bridgehead atoms. The number of nitrogens with zero attached hydrogens (tertiary/aromatic N) is 2. The van der Waals surface area contributed by atoms with Crippen LogP contribution in [0.4, 0.5) is 0 Å². The maximum atomic E-state index is 11.5. The number of aliphatic imine (C=N–C) groups is 1. The average molecular weight is 342 g/mol. The number of rotatable bonds is 5. The molecule has 0 spiro atoms. The Hall–Kier alpha value is -1.25. The Morgan fingerprint density at radius 2 is 1.86 bits per heavy atom. The highest BCUT2D eigenvalue weighted by atomic mass is 32.2. The second-order valence-electron chi connectivity index (χ2n) is 5.05. The fourth-order valence-electron chi connectivity index (χ4n) is 2.10. The van der Waals surface area contributed by atoms with Gasteiger partial charge in [0.2, 0.25) is 10.0 Å². The summed E-state index contributed by atoms with van der Waals surface area (Å²) in [5.74, 6) is 2.75. The molecule has 0 amide bonds. The largest absolute Gasteiger partial charge is 0.370 e. The predicted octanol–water partition coefficient (Wildman–Crippen LogP) is 0.599. The highest BCUT2D eigenvalue weighted by molar-refractivity contribution is 7.99. The summed E-state index contributed by atoms with van der Waals surface area (Å²) in [6.07, 6.45) is 0. The number of benzene rings is 1. The summed E-state index contributed by atoms with van der Waals surface area (Å²) in [4.78, 5) is 6.52. The summed E-state index contributed by atoms with van der Waals surface area (Å²) in [5, 5.41) is 0. The number of nitrogens with two attached hydrogens (primary N) is 1. The van der Waals surface area contributed by atoms with Crippen LogP contribution in [0.3, 0.4) is 0 Å². The minimum atomic E-state index is -3.23. The summed E-state index contributed by atoms with van der Waals surface area (Å²) >= 11 is 1.93. The van der Waals surface area contributed by atoms with Crippen molar-refractivity contribution in [1.29, 1.82) is 0 Å². The first-order valence-electron chi connectivity index (χ1n) is 7.12. The second-order valence-corrected chi connectivity index (χ2v) is 8.20. The lowest BCUT2D eigenvalue weighted by Gasteiger charge is -2.27. The molecule has 1 aromatic rings. The van der Waals surface area contributed by atoms with Crippen molar-refractivity contribution < 1.29 is 8.42 Å². The highest BCUT2D eigenvalue weighted by Gasteiger charge is 2.12. The Morgan fingerprint density at radius 1 is 1.27 bits per heavy atom. The third kappa shape index (κ3) is 5.19. The number of thioether (sulfide) groups is 1. The van der Waals surface area contributed by atoms with Gasteiger partial charge in [-0.1, -0.05) is 24.3 Å². The molecule has 2 rings (SSSR count). The van der Waals surface area contributed by atoms with E-state index < -0.39 is 10.0 Å². The number of sulfonamides is 1. The van der Waals surface area contributed by atoms with Crippen LogP contribution in [0, 0.1) is 0 Å². The van der Waals surface area contributed by atoms with Gasteiger partial charge >= 0.3 is 0 Å². The molecule has 3 N–H and O–H groups in total. The van der Waals surface area contributed by atoms with Crippen LogP contribution in [0.5, 0.6) is 0 Å². The van der Waals surface area contributed by atoms with Gasteiger partial charge in [-0.15, -0.1) is 0 Å². The van der Waals surface area contributed by atoms with Gasteiger partial charge < -0.3 is 10.6 Å². The molecule has 0 saturated carbocycles. The standard InChI is InChI=1S/C14H22N4O2S2/c1-16-22(19,20)11-13-4-2-12(3-5-13)10-17-14(15)18-6-8-21-9-7-18/h2-5,16H,6-11H2,1H3,(H2,15,17). The van der Waals surface area contributed by atoms with E-state index in [2.05, 4.69) is 14.6 Å². The van der Waals surface area contributed by atoms with Crippen LogP contribution in [-0.4, -0.2) is 50.9 Å². The zero-order chi connectivity index (χ0) is 16.0. The molecule has 1 fully saturated rings. The van der Waals surface area contributed by atoms with E-state index in [0.717, 1.165) is 35.7 Å². The summed E-state index contributed by atoms with van der Waals surface area (Å²) < 4.78 is 25.3. The van der Waals surface area contributed by atoms with E-state index in [1.165, 1.54) is 7.05 Å². The van der Waals surface area contributed by atoms with Gasteiger partial charge in [0.05, 0.1) is 12.3 Å². The van der Waals surface area contributed by atoms with Crippen molar-refractivity contribution in [2.75, 3.05) is 31.6 Å². The first-order chi connectivity index (χ1) is 10.5. The van der Waals surface area contributed by atoms with Crippen LogP contribution in [0.2, 0.25) is 0 Å². The van der Waals surface area contributed by atoms with Gasteiger partial charge in [0.15, 0.2) is 5.96 Å². The first kappa shape index (κ1) is 17.1. The first-order valence-corrected chi connectivity index (χ1v) is 9.92. The molecule has 1 heterocycles. The smallest absolute Gasteiger partial charge is 0.215 e. The molecule has 1 aliphatic heterocycles. The minimum absolute atomic E-state index is 0.0133. The van der Waals surface area contributed by atoms with E-state index in [-0.39, 0.29) is 5.75 Å². The number of guanidine groups is 1. The van der Waals surface area contributed by atoms with Crippen molar-refractivity contribution in [1.82, 2.24) is 9.62 Å². The molecule has 0 aromatic heterocycles. The van der Waals surface area contributed by atoms with E-state index in [9.17, 15) is 8.42 Å². The van der Waals surface area contributed by atoms with Crippen molar-refractivity contribution in [3.8, 4) is 0 Å². The summed E-state index contributed by atoms with van der Waals surface area (Å²) in [6, 6.07) is 7.41. The third-order valence-electron chi connectivity index (χ3n) is 3.45. The van der Waals surface area contributed by atoms with Gasteiger partial charge in [0.1, 0.15) is 0 Å². The second kappa shape index (κ2) is 7.85. The number of hydrogen-bond acceptors (Lipinski definition) is 4. The molecule has 22 heavy (non-hydrogen) atoms. The van der Waals surface area contributed by atoms with E-state index in [1.807, 2.05) is 36.0 Å².